The van der Waals surface area contributed by atoms with Crippen molar-refractivity contribution in [2.45, 2.75) is 113 Å². The number of carboxylic acid groups (broad SMARTS) is 1. The minimum atomic E-state index is -1.54. The summed E-state index contributed by atoms with van der Waals surface area (Å²) in [6.07, 6.45) is -1.13. The number of carbonyl (C=O) groups excluding carboxylic acids is 13. The SMILES string of the molecule is CN[C@@H](CCC(N)=O)C(=O)NCC(=O)N[C@@H](CCCN=C(N)N)C(=O)NCC(=O)N[C@@H](CCCN)C(=O)NCC(=O)N[C@@H](CCCN)C(=O)NCC(=O)N[C@@H](CCC(=O)O)C(=O)NCC(=O)N[C@@H](CCC(N)=O)C(N)=O. The van der Waals surface area contributed by atoms with Gasteiger partial charge in [-0.2, -0.15) is 0 Å². The average Bonchev–Trinajstić information content (AvgIpc) is 3.35. The molecule has 26 N–H and O–H groups in total. The molecule has 0 saturated carbocycles. The molecule has 76 heavy (non-hydrogen) atoms. The molecule has 0 aromatic rings. The van der Waals surface area contributed by atoms with Gasteiger partial charge >= 0.3 is 5.97 Å². The third-order valence-electron chi connectivity index (χ3n) is 10.4. The van der Waals surface area contributed by atoms with Crippen molar-refractivity contribution in [1.82, 2.24) is 58.5 Å². The van der Waals surface area contributed by atoms with E-state index < -0.39 is 165 Å². The first kappa shape index (κ1) is 67.7. The third-order valence-corrected chi connectivity index (χ3v) is 10.4. The first-order valence-electron chi connectivity index (χ1n) is 23.9. The van der Waals surface area contributed by atoms with E-state index in [1.54, 1.807) is 0 Å². The van der Waals surface area contributed by atoms with Crippen LogP contribution < -0.4 is 98.6 Å². The van der Waals surface area contributed by atoms with Crippen LogP contribution in [-0.4, -0.2) is 189 Å². The van der Waals surface area contributed by atoms with Crippen LogP contribution in [0.25, 0.3) is 0 Å². The second-order valence-electron chi connectivity index (χ2n) is 16.7. The van der Waals surface area contributed by atoms with E-state index in [0.29, 0.717) is 0 Å². The van der Waals surface area contributed by atoms with Gasteiger partial charge < -0.3 is 104 Å². The van der Waals surface area contributed by atoms with E-state index in [9.17, 15) is 67.1 Å². The maximum absolute atomic E-state index is 13.2. The van der Waals surface area contributed by atoms with Crippen LogP contribution in [0, 0.1) is 0 Å². The Morgan fingerprint density at radius 2 is 0.697 bits per heavy atom. The molecule has 34 nitrogen and oxygen atoms in total. The highest BCUT2D eigenvalue weighted by Gasteiger charge is 2.28. The van der Waals surface area contributed by atoms with Crippen LogP contribution in [0.4, 0.5) is 0 Å². The van der Waals surface area contributed by atoms with E-state index >= 15 is 0 Å². The second-order valence-corrected chi connectivity index (χ2v) is 16.7. The lowest BCUT2D eigenvalue weighted by molar-refractivity contribution is -0.138. The number of nitrogens with one attached hydrogen (secondary N) is 11. The van der Waals surface area contributed by atoms with Crippen molar-refractivity contribution in [1.29, 1.82) is 0 Å². The Labute approximate surface area is 436 Å². The van der Waals surface area contributed by atoms with Crippen molar-refractivity contribution in [3.8, 4) is 0 Å². The number of guanidine groups is 1. The van der Waals surface area contributed by atoms with Gasteiger partial charge in [0, 0.05) is 25.8 Å². The number of amides is 13. The number of nitrogens with two attached hydrogens (primary N) is 7. The van der Waals surface area contributed by atoms with Gasteiger partial charge in [-0.25, -0.2) is 0 Å². The number of hydrogen-bond acceptors (Lipinski definition) is 18. The maximum Gasteiger partial charge on any atom is 0.303 e. The Balaban J connectivity index is 5.61. The van der Waals surface area contributed by atoms with Gasteiger partial charge in [-0.15, -0.1) is 0 Å². The zero-order valence-electron chi connectivity index (χ0n) is 42.3. The molecule has 0 saturated heterocycles. The van der Waals surface area contributed by atoms with Crippen LogP contribution in [0.15, 0.2) is 4.99 Å². The molecule has 0 aliphatic heterocycles. The quantitative estimate of drug-likeness (QED) is 0.0154. The molecule has 0 spiro atoms. The molecular formula is C42H75N19O15. The van der Waals surface area contributed by atoms with E-state index in [4.69, 9.17) is 45.2 Å². The minimum absolute atomic E-state index is 0.0232. The van der Waals surface area contributed by atoms with E-state index in [0.717, 1.165) is 0 Å². The number of primary amides is 3. The lowest BCUT2D eigenvalue weighted by Gasteiger charge is -2.21. The van der Waals surface area contributed by atoms with Crippen LogP contribution in [0.5, 0.6) is 0 Å². The number of hydrogen-bond donors (Lipinski definition) is 19. The van der Waals surface area contributed by atoms with E-state index in [2.05, 4.69) is 63.5 Å². The molecule has 0 unspecified atom stereocenters. The molecule has 0 aliphatic rings. The molecule has 0 rings (SSSR count). The standard InChI is InChI=1S/C42H75N19O15/c1-50-23(9-12-29(46)63)37(72)52-18-31(65)60-26(7-4-16-51-42(48)49)40(75)55-20-33(67)59-24(5-2-14-43)38(73)53-19-32(66)58-25(6-3-15-44)39(74)54-21-34(68)61-27(10-13-35(69)70)41(76)56-17-30(64)57-22(36(47)71)8-11-28(45)62/h22-27,50H,2-21,43-44H2,1H3,(H2,45,62)(H2,46,63)(H2,47,71)(H,52,72)(H,53,73)(H,54,74)(H,55,75)(H,56,76)(H,57,64)(H,58,66)(H,59,67)(H,60,65)(H,61,68)(H,69,70)(H4,48,49,51)/t22-,23-,24-,25-,26-,27-/m0/s1. The number of aliphatic carboxylic acids is 1. The van der Waals surface area contributed by atoms with Crippen LogP contribution in [-0.2, 0) is 67.1 Å². The number of rotatable bonds is 41. The Morgan fingerprint density at radius 1 is 0.408 bits per heavy atom. The summed E-state index contributed by atoms with van der Waals surface area (Å²) >= 11 is 0. The lowest BCUT2D eigenvalue weighted by Crippen LogP contribution is -2.55. The van der Waals surface area contributed by atoms with Crippen molar-refractivity contribution in [3.63, 3.8) is 0 Å². The molecule has 0 bridgehead atoms. The second kappa shape index (κ2) is 38.3. The third kappa shape index (κ3) is 32.0. The number of aliphatic imine (C=N–C) groups is 1. The van der Waals surface area contributed by atoms with Gasteiger partial charge in [0.15, 0.2) is 5.96 Å². The van der Waals surface area contributed by atoms with Crippen molar-refractivity contribution in [2.75, 3.05) is 59.4 Å². The van der Waals surface area contributed by atoms with E-state index in [1.165, 1.54) is 7.05 Å². The van der Waals surface area contributed by atoms with Gasteiger partial charge in [-0.3, -0.25) is 72.1 Å². The zero-order chi connectivity index (χ0) is 57.8. The molecule has 13 amide bonds. The van der Waals surface area contributed by atoms with Gasteiger partial charge in [0.1, 0.15) is 30.2 Å². The van der Waals surface area contributed by atoms with Crippen LogP contribution in [0.2, 0.25) is 0 Å². The van der Waals surface area contributed by atoms with Crippen LogP contribution in [0.3, 0.4) is 0 Å². The van der Waals surface area contributed by atoms with E-state index in [-0.39, 0.29) is 89.8 Å². The lowest BCUT2D eigenvalue weighted by atomic mass is 10.1. The average molecular weight is 1090 g/mol. The van der Waals surface area contributed by atoms with Crippen molar-refractivity contribution in [3.05, 3.63) is 0 Å². The summed E-state index contributed by atoms with van der Waals surface area (Å²) in [7, 11) is 1.47. The molecule has 0 aliphatic carbocycles. The smallest absolute Gasteiger partial charge is 0.303 e. The van der Waals surface area contributed by atoms with Gasteiger partial charge in [-0.1, -0.05) is 0 Å². The summed E-state index contributed by atoms with van der Waals surface area (Å²) in [6.45, 7) is -3.30. The summed E-state index contributed by atoms with van der Waals surface area (Å²) in [5, 5.41) is 35.2. The molecule has 34 heteroatoms. The fourth-order valence-corrected chi connectivity index (χ4v) is 6.44. The summed E-state index contributed by atoms with van der Waals surface area (Å²) in [6, 6.07) is -7.55. The normalized spacial score (nSPS) is 12.9. The topological polar surface area (TPSA) is 586 Å². The fraction of sp³-hybridized carbons (Fsp3) is 0.643. The molecule has 6 atom stereocenters. The monoisotopic (exact) mass is 1090 g/mol. The number of nitrogens with zero attached hydrogens (tertiary/aromatic N) is 1. The van der Waals surface area contributed by atoms with Crippen molar-refractivity contribution < 1.29 is 72.2 Å². The predicted molar refractivity (Wildman–Crippen MR) is 267 cm³/mol. The maximum atomic E-state index is 13.2. The van der Waals surface area contributed by atoms with Crippen molar-refractivity contribution in [2.24, 2.45) is 45.1 Å². The summed E-state index contributed by atoms with van der Waals surface area (Å²) in [5.41, 5.74) is 37.4. The Morgan fingerprint density at radius 3 is 0.987 bits per heavy atom. The highest BCUT2D eigenvalue weighted by molar-refractivity contribution is 5.97. The molecule has 428 valence electrons. The predicted octanol–water partition coefficient (Wildman–Crippen LogP) is -11.0. The zero-order valence-corrected chi connectivity index (χ0v) is 42.3. The molecule has 0 aromatic heterocycles. The Kier molecular flexibility index (Phi) is 34.2. The highest BCUT2D eigenvalue weighted by Crippen LogP contribution is 2.04. The Hall–Kier alpha value is -8.27. The summed E-state index contributed by atoms with van der Waals surface area (Å²) in [5.74, 6) is -12.6. The molecule has 0 heterocycles. The number of carboxylic acids is 1. The summed E-state index contributed by atoms with van der Waals surface area (Å²) < 4.78 is 0. The Bertz CT molecular complexity index is 2060. The van der Waals surface area contributed by atoms with Gasteiger partial charge in [0.25, 0.3) is 0 Å². The van der Waals surface area contributed by atoms with Crippen LogP contribution in [0.1, 0.15) is 77.0 Å². The minimum Gasteiger partial charge on any atom is -0.481 e. The van der Waals surface area contributed by atoms with Crippen LogP contribution >= 0.6 is 0 Å². The molecular weight excluding hydrogens is 1010 g/mol. The first-order chi connectivity index (χ1) is 35.8. The van der Waals surface area contributed by atoms with Gasteiger partial charge in [-0.05, 0) is 77.9 Å². The molecule has 0 fully saturated rings. The summed E-state index contributed by atoms with van der Waals surface area (Å²) in [4.78, 5) is 178. The fourth-order valence-electron chi connectivity index (χ4n) is 6.44. The molecule has 0 aromatic carbocycles. The van der Waals surface area contributed by atoms with Gasteiger partial charge in [0.05, 0.1) is 38.8 Å². The molecule has 0 radical (unpaired) electrons. The number of carbonyl (C=O) groups is 14. The highest BCUT2D eigenvalue weighted by atomic mass is 16.4. The number of likely N-dealkylation sites (N-methyl/N-ethyl adjacent to an activating group) is 1. The largest absolute Gasteiger partial charge is 0.481 e. The first-order valence-corrected chi connectivity index (χ1v) is 23.9. The van der Waals surface area contributed by atoms with E-state index in [1.807, 2.05) is 0 Å². The van der Waals surface area contributed by atoms with Crippen molar-refractivity contribution >= 4 is 88.7 Å². The van der Waals surface area contributed by atoms with Gasteiger partial charge in [0.2, 0.25) is 76.8 Å².